The SMILES string of the molecule is CCC(NC(C)C)c1nc(C)c(C)s1. The molecular formula is C11H20N2S. The summed E-state index contributed by atoms with van der Waals surface area (Å²) >= 11 is 1.82. The Hall–Kier alpha value is -0.410. The predicted octanol–water partition coefficient (Wildman–Crippen LogP) is 3.21. The van der Waals surface area contributed by atoms with Crippen molar-refractivity contribution in [2.24, 2.45) is 0 Å². The molecule has 80 valence electrons. The number of aromatic nitrogens is 1. The Morgan fingerprint density at radius 2 is 2.00 bits per heavy atom. The van der Waals surface area contributed by atoms with Gasteiger partial charge in [-0.25, -0.2) is 4.98 Å². The first-order valence-corrected chi connectivity index (χ1v) is 6.06. The highest BCUT2D eigenvalue weighted by Gasteiger charge is 2.14. The first kappa shape index (κ1) is 11.7. The quantitative estimate of drug-likeness (QED) is 0.829. The predicted molar refractivity (Wildman–Crippen MR) is 62.9 cm³/mol. The van der Waals surface area contributed by atoms with E-state index in [1.165, 1.54) is 15.6 Å². The summed E-state index contributed by atoms with van der Waals surface area (Å²) < 4.78 is 0. The van der Waals surface area contributed by atoms with E-state index in [-0.39, 0.29) is 0 Å². The van der Waals surface area contributed by atoms with Crippen LogP contribution in [0, 0.1) is 13.8 Å². The van der Waals surface area contributed by atoms with Crippen LogP contribution in [0.15, 0.2) is 0 Å². The van der Waals surface area contributed by atoms with Crippen LogP contribution in [0.2, 0.25) is 0 Å². The minimum Gasteiger partial charge on any atom is -0.306 e. The summed E-state index contributed by atoms with van der Waals surface area (Å²) in [6.45, 7) is 10.8. The Morgan fingerprint density at radius 1 is 1.36 bits per heavy atom. The number of nitrogens with one attached hydrogen (secondary N) is 1. The normalized spacial score (nSPS) is 13.6. The summed E-state index contributed by atoms with van der Waals surface area (Å²) in [5.41, 5.74) is 1.18. The average molecular weight is 212 g/mol. The minimum absolute atomic E-state index is 0.424. The van der Waals surface area contributed by atoms with Crippen LogP contribution in [0.4, 0.5) is 0 Å². The molecule has 1 aromatic heterocycles. The molecule has 0 aliphatic heterocycles. The Morgan fingerprint density at radius 3 is 2.36 bits per heavy atom. The number of aryl methyl sites for hydroxylation is 2. The minimum atomic E-state index is 0.424. The van der Waals surface area contributed by atoms with Crippen molar-refractivity contribution in [3.63, 3.8) is 0 Å². The van der Waals surface area contributed by atoms with Crippen molar-refractivity contribution < 1.29 is 0 Å². The topological polar surface area (TPSA) is 24.9 Å². The smallest absolute Gasteiger partial charge is 0.110 e. The summed E-state index contributed by atoms with van der Waals surface area (Å²) in [6, 6.07) is 0.942. The second-order valence-corrected chi connectivity index (χ2v) is 5.21. The third-order valence-corrected chi connectivity index (χ3v) is 3.47. The zero-order valence-electron chi connectivity index (χ0n) is 9.72. The van der Waals surface area contributed by atoms with Crippen LogP contribution in [-0.4, -0.2) is 11.0 Å². The van der Waals surface area contributed by atoms with Crippen LogP contribution < -0.4 is 5.32 Å². The fourth-order valence-electron chi connectivity index (χ4n) is 1.41. The molecule has 0 saturated heterocycles. The zero-order chi connectivity index (χ0) is 10.7. The molecule has 0 aliphatic rings. The lowest BCUT2D eigenvalue weighted by Gasteiger charge is -2.17. The monoisotopic (exact) mass is 212 g/mol. The molecule has 0 aromatic carbocycles. The van der Waals surface area contributed by atoms with Crippen LogP contribution in [0.25, 0.3) is 0 Å². The number of thiazole rings is 1. The number of nitrogens with zero attached hydrogens (tertiary/aromatic N) is 1. The van der Waals surface area contributed by atoms with Crippen molar-refractivity contribution in [3.05, 3.63) is 15.6 Å². The molecule has 0 bridgehead atoms. The zero-order valence-corrected chi connectivity index (χ0v) is 10.5. The van der Waals surface area contributed by atoms with Crippen LogP contribution >= 0.6 is 11.3 Å². The van der Waals surface area contributed by atoms with Crippen molar-refractivity contribution in [2.45, 2.75) is 53.1 Å². The lowest BCUT2D eigenvalue weighted by atomic mass is 10.2. The van der Waals surface area contributed by atoms with Gasteiger partial charge in [0.15, 0.2) is 0 Å². The molecule has 0 aliphatic carbocycles. The highest BCUT2D eigenvalue weighted by Crippen LogP contribution is 2.25. The molecule has 3 heteroatoms. The van der Waals surface area contributed by atoms with Gasteiger partial charge < -0.3 is 5.32 Å². The highest BCUT2D eigenvalue weighted by atomic mass is 32.1. The maximum atomic E-state index is 4.59. The Bertz CT molecular complexity index is 272. The van der Waals surface area contributed by atoms with Gasteiger partial charge in [-0.15, -0.1) is 11.3 Å². The van der Waals surface area contributed by atoms with Gasteiger partial charge in [0.2, 0.25) is 0 Å². The molecule has 1 atom stereocenters. The lowest BCUT2D eigenvalue weighted by Crippen LogP contribution is -2.27. The van der Waals surface area contributed by atoms with E-state index in [4.69, 9.17) is 0 Å². The Labute approximate surface area is 90.8 Å². The fourth-order valence-corrected chi connectivity index (χ4v) is 2.48. The van der Waals surface area contributed by atoms with E-state index < -0.39 is 0 Å². The number of rotatable bonds is 4. The highest BCUT2D eigenvalue weighted by molar-refractivity contribution is 7.11. The second kappa shape index (κ2) is 4.89. The number of hydrogen-bond donors (Lipinski definition) is 1. The molecule has 0 amide bonds. The van der Waals surface area contributed by atoms with Crippen molar-refractivity contribution in [3.8, 4) is 0 Å². The lowest BCUT2D eigenvalue weighted by molar-refractivity contribution is 0.464. The van der Waals surface area contributed by atoms with E-state index in [1.807, 2.05) is 11.3 Å². The average Bonchev–Trinajstić information content (AvgIpc) is 2.42. The first-order valence-electron chi connectivity index (χ1n) is 5.24. The van der Waals surface area contributed by atoms with Gasteiger partial charge in [0.25, 0.3) is 0 Å². The maximum Gasteiger partial charge on any atom is 0.110 e. The van der Waals surface area contributed by atoms with Gasteiger partial charge in [-0.2, -0.15) is 0 Å². The van der Waals surface area contributed by atoms with Gasteiger partial charge >= 0.3 is 0 Å². The molecule has 1 heterocycles. The molecule has 0 saturated carbocycles. The Balaban J connectivity index is 2.78. The van der Waals surface area contributed by atoms with E-state index in [2.05, 4.69) is 44.9 Å². The van der Waals surface area contributed by atoms with Gasteiger partial charge in [0.1, 0.15) is 5.01 Å². The summed E-state index contributed by atoms with van der Waals surface area (Å²) in [5, 5.41) is 4.77. The van der Waals surface area contributed by atoms with E-state index in [0.29, 0.717) is 12.1 Å². The molecule has 1 unspecified atom stereocenters. The first-order chi connectivity index (χ1) is 6.54. The molecule has 1 aromatic rings. The molecule has 0 spiro atoms. The van der Waals surface area contributed by atoms with Gasteiger partial charge in [0.05, 0.1) is 11.7 Å². The van der Waals surface area contributed by atoms with E-state index >= 15 is 0 Å². The van der Waals surface area contributed by atoms with Crippen molar-refractivity contribution in [1.29, 1.82) is 0 Å². The maximum absolute atomic E-state index is 4.59. The van der Waals surface area contributed by atoms with Crippen molar-refractivity contribution in [2.75, 3.05) is 0 Å². The van der Waals surface area contributed by atoms with Crippen molar-refractivity contribution in [1.82, 2.24) is 10.3 Å². The van der Waals surface area contributed by atoms with E-state index in [0.717, 1.165) is 6.42 Å². The van der Waals surface area contributed by atoms with Gasteiger partial charge in [-0.1, -0.05) is 20.8 Å². The molecule has 2 nitrogen and oxygen atoms in total. The van der Waals surface area contributed by atoms with E-state index in [1.54, 1.807) is 0 Å². The third-order valence-electron chi connectivity index (χ3n) is 2.29. The standard InChI is InChI=1S/C11H20N2S/c1-6-10(12-7(2)3)11-13-8(4)9(5)14-11/h7,10,12H,6H2,1-5H3. The molecular weight excluding hydrogens is 192 g/mol. The number of hydrogen-bond acceptors (Lipinski definition) is 3. The van der Waals surface area contributed by atoms with Gasteiger partial charge in [0, 0.05) is 10.9 Å². The van der Waals surface area contributed by atoms with Crippen LogP contribution in [0.1, 0.15) is 48.8 Å². The molecule has 1 N–H and O–H groups in total. The Kier molecular flexibility index (Phi) is 4.08. The van der Waals surface area contributed by atoms with Gasteiger partial charge in [-0.3, -0.25) is 0 Å². The molecule has 1 rings (SSSR count). The van der Waals surface area contributed by atoms with Crippen LogP contribution in [0.3, 0.4) is 0 Å². The van der Waals surface area contributed by atoms with Crippen molar-refractivity contribution >= 4 is 11.3 Å². The van der Waals surface area contributed by atoms with Crippen LogP contribution in [-0.2, 0) is 0 Å². The van der Waals surface area contributed by atoms with Crippen LogP contribution in [0.5, 0.6) is 0 Å². The van der Waals surface area contributed by atoms with Gasteiger partial charge in [-0.05, 0) is 20.3 Å². The second-order valence-electron chi connectivity index (χ2n) is 3.98. The summed E-state index contributed by atoms with van der Waals surface area (Å²) in [6.07, 6.45) is 1.10. The summed E-state index contributed by atoms with van der Waals surface area (Å²) in [5.74, 6) is 0. The largest absolute Gasteiger partial charge is 0.306 e. The third kappa shape index (κ3) is 2.79. The van der Waals surface area contributed by atoms with E-state index in [9.17, 15) is 0 Å². The molecule has 0 fully saturated rings. The summed E-state index contributed by atoms with van der Waals surface area (Å²) in [4.78, 5) is 5.93. The fraction of sp³-hybridized carbons (Fsp3) is 0.727. The molecule has 14 heavy (non-hydrogen) atoms. The molecule has 0 radical (unpaired) electrons. The summed E-state index contributed by atoms with van der Waals surface area (Å²) in [7, 11) is 0.